The van der Waals surface area contributed by atoms with E-state index in [-0.39, 0.29) is 0 Å². The fourth-order valence-corrected chi connectivity index (χ4v) is 3.67. The summed E-state index contributed by atoms with van der Waals surface area (Å²) in [6.07, 6.45) is 3.67. The molecule has 0 radical (unpaired) electrons. The van der Waals surface area contributed by atoms with Crippen molar-refractivity contribution in [3.05, 3.63) is 29.3 Å². The van der Waals surface area contributed by atoms with E-state index in [1.165, 1.54) is 44.6 Å². The lowest BCUT2D eigenvalue weighted by atomic mass is 9.97. The van der Waals surface area contributed by atoms with Gasteiger partial charge in [0.05, 0.1) is 0 Å². The van der Waals surface area contributed by atoms with Gasteiger partial charge in [-0.05, 0) is 56.6 Å². The van der Waals surface area contributed by atoms with Crippen LogP contribution in [-0.2, 0) is 13.0 Å². The van der Waals surface area contributed by atoms with Crippen LogP contribution in [-0.4, -0.2) is 44.2 Å². The van der Waals surface area contributed by atoms with Gasteiger partial charge < -0.3 is 15.1 Å². The molecule has 0 amide bonds. The van der Waals surface area contributed by atoms with Crippen molar-refractivity contribution < 1.29 is 0 Å². The largest absolute Gasteiger partial charge is 0.367 e. The van der Waals surface area contributed by atoms with Crippen molar-refractivity contribution in [3.63, 3.8) is 0 Å². The van der Waals surface area contributed by atoms with Crippen molar-refractivity contribution in [3.8, 4) is 0 Å². The molecule has 3 nitrogen and oxygen atoms in total. The van der Waals surface area contributed by atoms with Crippen LogP contribution < -0.4 is 10.2 Å². The summed E-state index contributed by atoms with van der Waals surface area (Å²) in [5.41, 5.74) is 4.58. The van der Waals surface area contributed by atoms with E-state index in [2.05, 4.69) is 47.3 Å². The molecule has 0 bridgehead atoms. The van der Waals surface area contributed by atoms with Gasteiger partial charge in [-0.1, -0.05) is 19.1 Å². The molecule has 1 saturated heterocycles. The molecule has 0 aromatic heterocycles. The molecule has 1 aromatic rings. The molecule has 20 heavy (non-hydrogen) atoms. The Hall–Kier alpha value is -1.06. The van der Waals surface area contributed by atoms with Gasteiger partial charge in [0.2, 0.25) is 0 Å². The third-order valence-corrected chi connectivity index (χ3v) is 4.80. The third kappa shape index (κ3) is 2.70. The number of rotatable bonds is 2. The van der Waals surface area contributed by atoms with Crippen LogP contribution in [0.3, 0.4) is 0 Å². The molecule has 110 valence electrons. The van der Waals surface area contributed by atoms with E-state index in [0.717, 1.165) is 13.1 Å². The third-order valence-electron chi connectivity index (χ3n) is 4.80. The maximum absolute atomic E-state index is 3.54. The van der Waals surface area contributed by atoms with Crippen LogP contribution in [0.4, 0.5) is 5.69 Å². The standard InChI is InChI=1S/C17H27N3/c1-3-15-13-19(2)10-5-11-20(15)17-7-4-6-14-8-9-18-12-16(14)17/h4,6-7,15,18H,3,5,8-13H2,1-2H3. The summed E-state index contributed by atoms with van der Waals surface area (Å²) in [7, 11) is 2.26. The SMILES string of the molecule is CCC1CN(C)CCCN1c1cccc2c1CNCC2. The summed E-state index contributed by atoms with van der Waals surface area (Å²) < 4.78 is 0. The first-order chi connectivity index (χ1) is 9.79. The lowest BCUT2D eigenvalue weighted by Gasteiger charge is -2.35. The molecule has 1 N–H and O–H groups in total. The zero-order valence-electron chi connectivity index (χ0n) is 12.9. The highest BCUT2D eigenvalue weighted by molar-refractivity contribution is 5.58. The van der Waals surface area contributed by atoms with E-state index in [9.17, 15) is 0 Å². The number of anilines is 1. The summed E-state index contributed by atoms with van der Waals surface area (Å²) in [5.74, 6) is 0. The lowest BCUT2D eigenvalue weighted by Crippen LogP contribution is -2.41. The highest BCUT2D eigenvalue weighted by atomic mass is 15.2. The van der Waals surface area contributed by atoms with E-state index in [0.29, 0.717) is 6.04 Å². The van der Waals surface area contributed by atoms with Crippen molar-refractivity contribution >= 4 is 5.69 Å². The number of nitrogens with zero attached hydrogens (tertiary/aromatic N) is 2. The Kier molecular flexibility index (Phi) is 4.27. The van der Waals surface area contributed by atoms with Gasteiger partial charge in [-0.25, -0.2) is 0 Å². The lowest BCUT2D eigenvalue weighted by molar-refractivity contribution is 0.328. The molecule has 3 rings (SSSR count). The molecule has 3 heteroatoms. The topological polar surface area (TPSA) is 18.5 Å². The summed E-state index contributed by atoms with van der Waals surface area (Å²) in [6.45, 7) is 8.09. The van der Waals surface area contributed by atoms with E-state index < -0.39 is 0 Å². The molecular weight excluding hydrogens is 246 g/mol. The monoisotopic (exact) mass is 273 g/mol. The zero-order chi connectivity index (χ0) is 13.9. The number of fused-ring (bicyclic) bond motifs is 1. The van der Waals surface area contributed by atoms with E-state index >= 15 is 0 Å². The van der Waals surface area contributed by atoms with Crippen LogP contribution in [0.15, 0.2) is 18.2 Å². The van der Waals surface area contributed by atoms with E-state index in [4.69, 9.17) is 0 Å². The van der Waals surface area contributed by atoms with Crippen molar-refractivity contribution in [2.75, 3.05) is 38.1 Å². The number of benzene rings is 1. The summed E-state index contributed by atoms with van der Waals surface area (Å²) in [6, 6.07) is 7.54. The fraction of sp³-hybridized carbons (Fsp3) is 0.647. The highest BCUT2D eigenvalue weighted by Gasteiger charge is 2.25. The number of nitrogens with one attached hydrogen (secondary N) is 1. The first-order valence-corrected chi connectivity index (χ1v) is 8.06. The van der Waals surface area contributed by atoms with Crippen LogP contribution in [0.5, 0.6) is 0 Å². The van der Waals surface area contributed by atoms with Crippen molar-refractivity contribution in [1.29, 1.82) is 0 Å². The van der Waals surface area contributed by atoms with Gasteiger partial charge in [0.15, 0.2) is 0 Å². The minimum atomic E-state index is 0.649. The second kappa shape index (κ2) is 6.15. The van der Waals surface area contributed by atoms with Crippen molar-refractivity contribution in [2.24, 2.45) is 0 Å². The molecule has 1 aromatic carbocycles. The van der Waals surface area contributed by atoms with E-state index in [1.54, 1.807) is 11.1 Å². The predicted molar refractivity (Wildman–Crippen MR) is 85.4 cm³/mol. The van der Waals surface area contributed by atoms with Gasteiger partial charge in [0, 0.05) is 31.4 Å². The smallest absolute Gasteiger partial charge is 0.0417 e. The zero-order valence-corrected chi connectivity index (χ0v) is 12.9. The van der Waals surface area contributed by atoms with E-state index in [1.807, 2.05) is 0 Å². The molecule has 1 fully saturated rings. The van der Waals surface area contributed by atoms with Crippen LogP contribution in [0.1, 0.15) is 30.9 Å². The Morgan fingerprint density at radius 2 is 2.20 bits per heavy atom. The number of hydrogen-bond donors (Lipinski definition) is 1. The molecule has 1 atom stereocenters. The second-order valence-corrected chi connectivity index (χ2v) is 6.21. The Labute approximate surface area is 123 Å². The van der Waals surface area contributed by atoms with Gasteiger partial charge in [-0.3, -0.25) is 0 Å². The Morgan fingerprint density at radius 3 is 3.05 bits per heavy atom. The van der Waals surface area contributed by atoms with Crippen LogP contribution >= 0.6 is 0 Å². The molecule has 0 spiro atoms. The van der Waals surface area contributed by atoms with Gasteiger partial charge in [-0.2, -0.15) is 0 Å². The summed E-state index contributed by atoms with van der Waals surface area (Å²) in [5, 5.41) is 3.54. The first kappa shape index (κ1) is 13.9. The van der Waals surface area contributed by atoms with Crippen molar-refractivity contribution in [2.45, 2.75) is 38.8 Å². The van der Waals surface area contributed by atoms with Gasteiger partial charge in [0.1, 0.15) is 0 Å². The molecule has 0 aliphatic carbocycles. The van der Waals surface area contributed by atoms with Crippen LogP contribution in [0.25, 0.3) is 0 Å². The molecule has 2 heterocycles. The molecule has 1 unspecified atom stereocenters. The highest BCUT2D eigenvalue weighted by Crippen LogP contribution is 2.29. The Balaban J connectivity index is 1.94. The van der Waals surface area contributed by atoms with Crippen LogP contribution in [0, 0.1) is 0 Å². The molecule has 0 saturated carbocycles. The van der Waals surface area contributed by atoms with Crippen molar-refractivity contribution in [1.82, 2.24) is 10.2 Å². The Morgan fingerprint density at radius 1 is 1.30 bits per heavy atom. The maximum Gasteiger partial charge on any atom is 0.0417 e. The van der Waals surface area contributed by atoms with Gasteiger partial charge >= 0.3 is 0 Å². The minimum Gasteiger partial charge on any atom is -0.367 e. The second-order valence-electron chi connectivity index (χ2n) is 6.21. The maximum atomic E-state index is 3.54. The fourth-order valence-electron chi connectivity index (χ4n) is 3.67. The summed E-state index contributed by atoms with van der Waals surface area (Å²) >= 11 is 0. The number of hydrogen-bond acceptors (Lipinski definition) is 3. The summed E-state index contributed by atoms with van der Waals surface area (Å²) in [4.78, 5) is 5.16. The average molecular weight is 273 g/mol. The molecular formula is C17H27N3. The first-order valence-electron chi connectivity index (χ1n) is 8.06. The molecule has 2 aliphatic heterocycles. The number of likely N-dealkylation sites (N-methyl/N-ethyl adjacent to an activating group) is 1. The minimum absolute atomic E-state index is 0.649. The quantitative estimate of drug-likeness (QED) is 0.891. The Bertz CT molecular complexity index is 458. The van der Waals surface area contributed by atoms with Gasteiger partial charge in [-0.15, -0.1) is 0 Å². The normalized spacial score (nSPS) is 24.3. The average Bonchev–Trinajstić information content (AvgIpc) is 2.68. The molecule has 2 aliphatic rings. The van der Waals surface area contributed by atoms with Crippen LogP contribution in [0.2, 0.25) is 0 Å². The predicted octanol–water partition coefficient (Wildman–Crippen LogP) is 2.25. The van der Waals surface area contributed by atoms with Gasteiger partial charge in [0.25, 0.3) is 0 Å².